The Balaban J connectivity index is 2.47. The van der Waals surface area contributed by atoms with Gasteiger partial charge in [-0.25, -0.2) is 9.31 Å². The van der Waals surface area contributed by atoms with Crippen LogP contribution in [0.2, 0.25) is 0 Å². The van der Waals surface area contributed by atoms with Gasteiger partial charge in [-0.3, -0.25) is 4.79 Å². The fourth-order valence-electron chi connectivity index (χ4n) is 2.49. The van der Waals surface area contributed by atoms with Crippen LogP contribution in [0, 0.1) is 5.92 Å². The summed E-state index contributed by atoms with van der Waals surface area (Å²) in [6.45, 7) is 4.64. The van der Waals surface area contributed by atoms with Crippen LogP contribution in [0.15, 0.2) is 35.1 Å². The van der Waals surface area contributed by atoms with Gasteiger partial charge in [-0.05, 0) is 18.1 Å². The van der Waals surface area contributed by atoms with E-state index >= 15 is 0 Å². The molecule has 3 aromatic rings. The fraction of sp³-hybridized carbons (Fsp3) is 0.267. The molecule has 108 valence electrons. The first-order valence-corrected chi connectivity index (χ1v) is 6.73. The normalized spacial score (nSPS) is 11.6. The van der Waals surface area contributed by atoms with Gasteiger partial charge in [0.25, 0.3) is 5.56 Å². The summed E-state index contributed by atoms with van der Waals surface area (Å²) in [5.41, 5.74) is 1.41. The van der Waals surface area contributed by atoms with Crippen molar-refractivity contribution in [3.05, 3.63) is 46.4 Å². The quantitative estimate of drug-likeness (QED) is 0.798. The number of hydrogen-bond acceptors (Lipinski definition) is 3. The standard InChI is InChI=1S/C15H15N3O3/c1-9(2)8-17-11-5-3-4-6-12(11)18-13(14(17)19)7-10(16-18)15(20)21/h3-7,9H,8H2,1-2H3,(H,20,21). The van der Waals surface area contributed by atoms with Gasteiger partial charge in [0.15, 0.2) is 5.69 Å². The van der Waals surface area contributed by atoms with E-state index in [-0.39, 0.29) is 16.8 Å². The first-order valence-electron chi connectivity index (χ1n) is 6.73. The topological polar surface area (TPSA) is 76.6 Å². The molecule has 0 atom stereocenters. The molecule has 0 bridgehead atoms. The van der Waals surface area contributed by atoms with E-state index in [4.69, 9.17) is 5.11 Å². The Morgan fingerprint density at radius 2 is 1.90 bits per heavy atom. The third-order valence-corrected chi connectivity index (χ3v) is 3.34. The highest BCUT2D eigenvalue weighted by Crippen LogP contribution is 2.16. The highest BCUT2D eigenvalue weighted by Gasteiger charge is 2.16. The highest BCUT2D eigenvalue weighted by atomic mass is 16.4. The molecule has 2 heterocycles. The van der Waals surface area contributed by atoms with Gasteiger partial charge in [0, 0.05) is 12.6 Å². The van der Waals surface area contributed by atoms with Gasteiger partial charge in [-0.1, -0.05) is 26.0 Å². The second-order valence-corrected chi connectivity index (χ2v) is 5.43. The largest absolute Gasteiger partial charge is 0.476 e. The number of hydrogen-bond donors (Lipinski definition) is 1. The number of aromatic nitrogens is 3. The molecule has 1 N–H and O–H groups in total. The highest BCUT2D eigenvalue weighted by molar-refractivity contribution is 5.88. The molecule has 0 aliphatic rings. The van der Waals surface area contributed by atoms with Crippen LogP contribution < -0.4 is 5.56 Å². The van der Waals surface area contributed by atoms with Crippen LogP contribution in [0.3, 0.4) is 0 Å². The monoisotopic (exact) mass is 285 g/mol. The lowest BCUT2D eigenvalue weighted by atomic mass is 10.2. The first kappa shape index (κ1) is 13.4. The molecule has 2 aromatic heterocycles. The minimum atomic E-state index is -1.14. The zero-order valence-electron chi connectivity index (χ0n) is 11.8. The van der Waals surface area contributed by atoms with Crippen LogP contribution in [-0.2, 0) is 6.54 Å². The molecule has 1 aromatic carbocycles. The summed E-state index contributed by atoms with van der Waals surface area (Å²) < 4.78 is 3.10. The van der Waals surface area contributed by atoms with E-state index in [1.165, 1.54) is 10.6 Å². The Bertz CT molecular complexity index is 906. The van der Waals surface area contributed by atoms with Crippen molar-refractivity contribution in [2.45, 2.75) is 20.4 Å². The SMILES string of the molecule is CC(C)Cn1c(=O)c2cc(C(=O)O)nn2c2ccccc21. The van der Waals surface area contributed by atoms with E-state index in [0.717, 1.165) is 11.0 Å². The molecular weight excluding hydrogens is 270 g/mol. The Kier molecular flexibility index (Phi) is 3.01. The molecule has 0 saturated heterocycles. The summed E-state index contributed by atoms with van der Waals surface area (Å²) in [6, 6.07) is 8.70. The molecule has 6 nitrogen and oxygen atoms in total. The maximum atomic E-state index is 12.6. The Labute approximate surface area is 120 Å². The summed E-state index contributed by atoms with van der Waals surface area (Å²) in [6.07, 6.45) is 0. The van der Waals surface area contributed by atoms with E-state index < -0.39 is 5.97 Å². The van der Waals surface area contributed by atoms with Crippen molar-refractivity contribution in [1.29, 1.82) is 0 Å². The number of carboxylic acids is 1. The van der Waals surface area contributed by atoms with Crippen molar-refractivity contribution in [1.82, 2.24) is 14.2 Å². The molecule has 0 amide bonds. The minimum absolute atomic E-state index is 0.125. The molecule has 0 spiro atoms. The maximum absolute atomic E-state index is 12.6. The van der Waals surface area contributed by atoms with Crippen molar-refractivity contribution in [2.75, 3.05) is 0 Å². The molecule has 0 aliphatic heterocycles. The third-order valence-electron chi connectivity index (χ3n) is 3.34. The lowest BCUT2D eigenvalue weighted by Crippen LogP contribution is -2.25. The molecular formula is C15H15N3O3. The molecule has 0 unspecified atom stereocenters. The predicted molar refractivity (Wildman–Crippen MR) is 78.8 cm³/mol. The maximum Gasteiger partial charge on any atom is 0.356 e. The van der Waals surface area contributed by atoms with E-state index in [0.29, 0.717) is 12.5 Å². The smallest absolute Gasteiger partial charge is 0.356 e. The van der Waals surface area contributed by atoms with Crippen LogP contribution in [-0.4, -0.2) is 25.3 Å². The van der Waals surface area contributed by atoms with Crippen molar-refractivity contribution in [3.8, 4) is 0 Å². The molecule has 21 heavy (non-hydrogen) atoms. The number of carbonyl (C=O) groups is 1. The van der Waals surface area contributed by atoms with E-state index in [1.54, 1.807) is 4.57 Å². The summed E-state index contributed by atoms with van der Waals surface area (Å²) in [4.78, 5) is 23.7. The van der Waals surface area contributed by atoms with Gasteiger partial charge < -0.3 is 9.67 Å². The predicted octanol–water partition coefficient (Wildman–Crippen LogP) is 2.00. The lowest BCUT2D eigenvalue weighted by Gasteiger charge is -2.13. The van der Waals surface area contributed by atoms with Crippen LogP contribution in [0.4, 0.5) is 0 Å². The minimum Gasteiger partial charge on any atom is -0.476 e. The number of rotatable bonds is 3. The average molecular weight is 285 g/mol. The summed E-state index contributed by atoms with van der Waals surface area (Å²) in [5, 5.41) is 13.1. The van der Waals surface area contributed by atoms with Crippen molar-refractivity contribution in [2.24, 2.45) is 5.92 Å². The summed E-state index contributed by atoms with van der Waals surface area (Å²) in [7, 11) is 0. The lowest BCUT2D eigenvalue weighted by molar-refractivity contribution is 0.0690. The first-order chi connectivity index (χ1) is 9.99. The second kappa shape index (κ2) is 4.73. The third kappa shape index (κ3) is 2.08. The number of para-hydroxylation sites is 2. The van der Waals surface area contributed by atoms with Crippen molar-refractivity contribution < 1.29 is 9.90 Å². The molecule has 0 aliphatic carbocycles. The Morgan fingerprint density at radius 1 is 1.24 bits per heavy atom. The van der Waals surface area contributed by atoms with Gasteiger partial charge in [-0.15, -0.1) is 0 Å². The zero-order chi connectivity index (χ0) is 15.1. The van der Waals surface area contributed by atoms with E-state index in [1.807, 2.05) is 38.1 Å². The van der Waals surface area contributed by atoms with Gasteiger partial charge in [0.1, 0.15) is 5.52 Å². The molecule has 0 saturated carbocycles. The van der Waals surface area contributed by atoms with Gasteiger partial charge >= 0.3 is 5.97 Å². The summed E-state index contributed by atoms with van der Waals surface area (Å²) >= 11 is 0. The second-order valence-electron chi connectivity index (χ2n) is 5.43. The zero-order valence-corrected chi connectivity index (χ0v) is 11.8. The molecule has 0 fully saturated rings. The fourth-order valence-corrected chi connectivity index (χ4v) is 2.49. The number of nitrogens with zero attached hydrogens (tertiary/aromatic N) is 3. The van der Waals surface area contributed by atoms with Crippen LogP contribution in [0.1, 0.15) is 24.3 Å². The van der Waals surface area contributed by atoms with E-state index in [9.17, 15) is 9.59 Å². The van der Waals surface area contributed by atoms with Gasteiger partial charge in [0.2, 0.25) is 0 Å². The van der Waals surface area contributed by atoms with E-state index in [2.05, 4.69) is 5.10 Å². The average Bonchev–Trinajstić information content (AvgIpc) is 2.89. The molecule has 3 rings (SSSR count). The molecule has 0 radical (unpaired) electrons. The van der Waals surface area contributed by atoms with Crippen LogP contribution in [0.5, 0.6) is 0 Å². The van der Waals surface area contributed by atoms with Crippen molar-refractivity contribution >= 4 is 22.5 Å². The number of aromatic carboxylic acids is 1. The Hall–Kier alpha value is -2.63. The van der Waals surface area contributed by atoms with Gasteiger partial charge in [0.05, 0.1) is 11.0 Å². The molecule has 6 heteroatoms. The number of carboxylic acid groups (broad SMARTS) is 1. The summed E-state index contributed by atoms with van der Waals surface area (Å²) in [5.74, 6) is -0.840. The van der Waals surface area contributed by atoms with Crippen LogP contribution >= 0.6 is 0 Å². The Morgan fingerprint density at radius 3 is 2.52 bits per heavy atom. The number of benzene rings is 1. The number of fused-ring (bicyclic) bond motifs is 3. The van der Waals surface area contributed by atoms with Gasteiger partial charge in [-0.2, -0.15) is 5.10 Å². The van der Waals surface area contributed by atoms with Crippen molar-refractivity contribution in [3.63, 3.8) is 0 Å². The van der Waals surface area contributed by atoms with Crippen LogP contribution in [0.25, 0.3) is 16.6 Å².